The second-order valence-corrected chi connectivity index (χ2v) is 5.06. The first-order valence-corrected chi connectivity index (χ1v) is 7.04. The molecular weight excluding hydrogens is 254 g/mol. The van der Waals surface area contributed by atoms with Gasteiger partial charge in [-0.2, -0.15) is 4.68 Å². The van der Waals surface area contributed by atoms with Crippen molar-refractivity contribution < 1.29 is 4.74 Å². The first-order valence-electron chi connectivity index (χ1n) is 7.04. The van der Waals surface area contributed by atoms with Crippen LogP contribution in [0.2, 0.25) is 0 Å². The zero-order valence-corrected chi connectivity index (χ0v) is 11.4. The van der Waals surface area contributed by atoms with E-state index >= 15 is 0 Å². The summed E-state index contributed by atoms with van der Waals surface area (Å²) in [5.74, 6) is 1.43. The fraction of sp³-hybridized carbons (Fsp3) is 0.500. The molecular formula is C14H19N5O. The van der Waals surface area contributed by atoms with Crippen LogP contribution in [0.1, 0.15) is 18.7 Å². The topological polar surface area (TPSA) is 64.9 Å². The summed E-state index contributed by atoms with van der Waals surface area (Å²) in [7, 11) is 0. The van der Waals surface area contributed by atoms with Crippen LogP contribution in [0.15, 0.2) is 30.3 Å². The van der Waals surface area contributed by atoms with Gasteiger partial charge in [0.25, 0.3) is 0 Å². The molecule has 1 atom stereocenters. The van der Waals surface area contributed by atoms with E-state index in [4.69, 9.17) is 4.74 Å². The van der Waals surface area contributed by atoms with Gasteiger partial charge in [0.1, 0.15) is 0 Å². The number of nitrogens with one attached hydrogen (secondary N) is 1. The lowest BCUT2D eigenvalue weighted by atomic mass is 10.0. The lowest BCUT2D eigenvalue weighted by Gasteiger charge is -2.22. The first kappa shape index (κ1) is 13.2. The number of hydrogen-bond acceptors (Lipinski definition) is 5. The summed E-state index contributed by atoms with van der Waals surface area (Å²) in [6, 6.07) is 9.93. The molecule has 6 nitrogen and oxygen atoms in total. The molecule has 106 valence electrons. The van der Waals surface area contributed by atoms with E-state index in [9.17, 15) is 0 Å². The summed E-state index contributed by atoms with van der Waals surface area (Å²) >= 11 is 0. The zero-order valence-electron chi connectivity index (χ0n) is 11.4. The van der Waals surface area contributed by atoms with Crippen molar-refractivity contribution in [3.63, 3.8) is 0 Å². The van der Waals surface area contributed by atoms with Crippen LogP contribution in [-0.2, 0) is 11.3 Å². The van der Waals surface area contributed by atoms with Gasteiger partial charge in [-0.15, -0.1) is 5.10 Å². The summed E-state index contributed by atoms with van der Waals surface area (Å²) in [6.07, 6.45) is 2.39. The Balaban J connectivity index is 1.57. The number of tetrazole rings is 1. The molecule has 1 N–H and O–H groups in total. The van der Waals surface area contributed by atoms with Crippen molar-refractivity contribution in [1.82, 2.24) is 25.5 Å². The Bertz CT molecular complexity index is 521. The average molecular weight is 273 g/mol. The molecule has 0 amide bonds. The summed E-state index contributed by atoms with van der Waals surface area (Å²) in [4.78, 5) is 0. The van der Waals surface area contributed by atoms with Gasteiger partial charge >= 0.3 is 0 Å². The van der Waals surface area contributed by atoms with Gasteiger partial charge in [0.05, 0.1) is 18.8 Å². The van der Waals surface area contributed by atoms with Crippen molar-refractivity contribution in [1.29, 1.82) is 0 Å². The minimum atomic E-state index is 0.602. The third-order valence-electron chi connectivity index (χ3n) is 3.51. The maximum Gasteiger partial charge on any atom is 0.170 e. The molecule has 1 saturated heterocycles. The molecule has 20 heavy (non-hydrogen) atoms. The molecule has 0 bridgehead atoms. The van der Waals surface area contributed by atoms with Crippen LogP contribution in [0.3, 0.4) is 0 Å². The summed E-state index contributed by atoms with van der Waals surface area (Å²) in [5.41, 5.74) is 0.982. The van der Waals surface area contributed by atoms with E-state index in [-0.39, 0.29) is 0 Å². The summed E-state index contributed by atoms with van der Waals surface area (Å²) in [5, 5.41) is 15.3. The molecule has 0 spiro atoms. The molecule has 0 radical (unpaired) electrons. The fourth-order valence-corrected chi connectivity index (χ4v) is 2.44. The largest absolute Gasteiger partial charge is 0.381 e. The Morgan fingerprint density at radius 1 is 1.30 bits per heavy atom. The Morgan fingerprint density at radius 2 is 2.20 bits per heavy atom. The molecule has 0 aliphatic carbocycles. The van der Waals surface area contributed by atoms with Gasteiger partial charge in [0.2, 0.25) is 0 Å². The Morgan fingerprint density at radius 3 is 3.00 bits per heavy atom. The maximum atomic E-state index is 5.48. The van der Waals surface area contributed by atoms with Crippen LogP contribution in [0.4, 0.5) is 0 Å². The minimum Gasteiger partial charge on any atom is -0.381 e. The Labute approximate surface area is 118 Å². The van der Waals surface area contributed by atoms with Crippen LogP contribution >= 0.6 is 0 Å². The highest BCUT2D eigenvalue weighted by Crippen LogP contribution is 2.12. The molecule has 1 aromatic heterocycles. The van der Waals surface area contributed by atoms with E-state index in [1.54, 1.807) is 4.68 Å². The number of para-hydroxylation sites is 1. The number of ether oxygens (including phenoxy) is 1. The van der Waals surface area contributed by atoms with Crippen molar-refractivity contribution in [3.05, 3.63) is 36.2 Å². The second kappa shape index (κ2) is 6.58. The van der Waals surface area contributed by atoms with E-state index in [0.29, 0.717) is 12.5 Å². The number of hydrogen-bond donors (Lipinski definition) is 1. The molecule has 3 rings (SSSR count). The number of aromatic nitrogens is 4. The van der Waals surface area contributed by atoms with E-state index in [2.05, 4.69) is 20.8 Å². The predicted octanol–water partition coefficient (Wildman–Crippen LogP) is 1.18. The monoisotopic (exact) mass is 273 g/mol. The van der Waals surface area contributed by atoms with Crippen LogP contribution in [0, 0.1) is 5.92 Å². The average Bonchev–Trinajstić information content (AvgIpc) is 2.98. The van der Waals surface area contributed by atoms with E-state index in [0.717, 1.165) is 37.7 Å². The standard InChI is InChI=1S/C14H19N5O/c1-2-6-13(7-3-1)19-14(16-17-18-19)10-15-9-12-5-4-8-20-11-12/h1-3,6-7,12,15H,4-5,8-11H2. The molecule has 1 aromatic carbocycles. The minimum absolute atomic E-state index is 0.602. The molecule has 0 saturated carbocycles. The summed E-state index contributed by atoms with van der Waals surface area (Å²) < 4.78 is 7.25. The first-order chi connectivity index (χ1) is 9.93. The van der Waals surface area contributed by atoms with Crippen molar-refractivity contribution in [2.24, 2.45) is 5.92 Å². The normalized spacial score (nSPS) is 19.1. The van der Waals surface area contributed by atoms with Gasteiger partial charge in [0.15, 0.2) is 5.82 Å². The Hall–Kier alpha value is -1.79. The van der Waals surface area contributed by atoms with Crippen LogP contribution in [-0.4, -0.2) is 40.0 Å². The van der Waals surface area contributed by atoms with Crippen molar-refractivity contribution in [2.75, 3.05) is 19.8 Å². The second-order valence-electron chi connectivity index (χ2n) is 5.06. The van der Waals surface area contributed by atoms with E-state index in [1.165, 1.54) is 6.42 Å². The number of nitrogens with zero attached hydrogens (tertiary/aromatic N) is 4. The maximum absolute atomic E-state index is 5.48. The van der Waals surface area contributed by atoms with Gasteiger partial charge in [-0.05, 0) is 41.3 Å². The third kappa shape index (κ3) is 3.20. The molecule has 2 aromatic rings. The van der Waals surface area contributed by atoms with Crippen molar-refractivity contribution in [2.45, 2.75) is 19.4 Å². The van der Waals surface area contributed by atoms with Gasteiger partial charge < -0.3 is 10.1 Å². The van der Waals surface area contributed by atoms with Crippen molar-refractivity contribution in [3.8, 4) is 5.69 Å². The fourth-order valence-electron chi connectivity index (χ4n) is 2.44. The lowest BCUT2D eigenvalue weighted by Crippen LogP contribution is -2.29. The van der Waals surface area contributed by atoms with Gasteiger partial charge in [-0.1, -0.05) is 18.2 Å². The molecule has 1 unspecified atom stereocenters. The van der Waals surface area contributed by atoms with Crippen LogP contribution in [0.25, 0.3) is 5.69 Å². The lowest BCUT2D eigenvalue weighted by molar-refractivity contribution is 0.0547. The summed E-state index contributed by atoms with van der Waals surface area (Å²) in [6.45, 7) is 3.37. The van der Waals surface area contributed by atoms with E-state index < -0.39 is 0 Å². The highest BCUT2D eigenvalue weighted by Gasteiger charge is 2.14. The van der Waals surface area contributed by atoms with Gasteiger partial charge in [0, 0.05) is 13.2 Å². The quantitative estimate of drug-likeness (QED) is 0.886. The molecule has 1 fully saturated rings. The molecule has 1 aliphatic heterocycles. The SMILES string of the molecule is c1ccc(-n2nnnc2CNCC2CCCOC2)cc1. The third-order valence-corrected chi connectivity index (χ3v) is 3.51. The molecule has 6 heteroatoms. The smallest absolute Gasteiger partial charge is 0.170 e. The van der Waals surface area contributed by atoms with Crippen molar-refractivity contribution >= 4 is 0 Å². The van der Waals surface area contributed by atoms with Gasteiger partial charge in [-0.3, -0.25) is 0 Å². The number of rotatable bonds is 5. The highest BCUT2D eigenvalue weighted by molar-refractivity contribution is 5.30. The highest BCUT2D eigenvalue weighted by atomic mass is 16.5. The van der Waals surface area contributed by atoms with Gasteiger partial charge in [-0.25, -0.2) is 0 Å². The zero-order chi connectivity index (χ0) is 13.6. The number of benzene rings is 1. The predicted molar refractivity (Wildman–Crippen MR) is 74.4 cm³/mol. The molecule has 2 heterocycles. The Kier molecular flexibility index (Phi) is 4.35. The van der Waals surface area contributed by atoms with E-state index in [1.807, 2.05) is 30.3 Å². The van der Waals surface area contributed by atoms with Crippen LogP contribution < -0.4 is 5.32 Å². The van der Waals surface area contributed by atoms with Crippen LogP contribution in [0.5, 0.6) is 0 Å². The molecule has 1 aliphatic rings.